The molecule has 0 atom stereocenters. The van der Waals surface area contributed by atoms with Gasteiger partial charge in [0.2, 0.25) is 0 Å². The molecule has 0 bridgehead atoms. The van der Waals surface area contributed by atoms with Crippen molar-refractivity contribution in [3.63, 3.8) is 0 Å². The summed E-state index contributed by atoms with van der Waals surface area (Å²) < 4.78 is 7.39. The van der Waals surface area contributed by atoms with E-state index in [9.17, 15) is 14.4 Å². The van der Waals surface area contributed by atoms with E-state index in [1.54, 1.807) is 19.2 Å². The van der Waals surface area contributed by atoms with Crippen molar-refractivity contribution in [2.75, 3.05) is 12.4 Å². The summed E-state index contributed by atoms with van der Waals surface area (Å²) in [6.45, 7) is 0. The first kappa shape index (κ1) is 20.1. The lowest BCUT2D eigenvalue weighted by Crippen LogP contribution is -2.38. The first-order valence-corrected chi connectivity index (χ1v) is 9.51. The summed E-state index contributed by atoms with van der Waals surface area (Å²) in [5.74, 6) is 0.385. The van der Waals surface area contributed by atoms with E-state index in [0.29, 0.717) is 27.9 Å². The Bertz CT molecular complexity index is 1420. The highest BCUT2D eigenvalue weighted by Crippen LogP contribution is 2.26. The fourth-order valence-corrected chi connectivity index (χ4v) is 3.31. The third kappa shape index (κ3) is 3.71. The average Bonchev–Trinajstić information content (AvgIpc) is 2.80. The van der Waals surface area contributed by atoms with Crippen LogP contribution in [0.5, 0.6) is 5.75 Å². The van der Waals surface area contributed by atoms with Gasteiger partial charge in [-0.2, -0.15) is 0 Å². The lowest BCUT2D eigenvalue weighted by Gasteiger charge is -2.13. The zero-order valence-corrected chi connectivity index (χ0v) is 17.2. The van der Waals surface area contributed by atoms with Crippen LogP contribution in [0, 0.1) is 0 Å². The van der Waals surface area contributed by atoms with Gasteiger partial charge in [0, 0.05) is 31.1 Å². The fourth-order valence-electron chi connectivity index (χ4n) is 3.31. The smallest absolute Gasteiger partial charge is 0.332 e. The SMILES string of the molecule is COc1ccc(-c2cc(C(=O)Nc3cc(=O)n(C)c(=O)n3C)c3ccccc3n2)cc1. The highest BCUT2D eigenvalue weighted by molar-refractivity contribution is 6.12. The van der Waals surface area contributed by atoms with E-state index >= 15 is 0 Å². The van der Waals surface area contributed by atoms with Gasteiger partial charge in [0.15, 0.2) is 0 Å². The fraction of sp³-hybridized carbons (Fsp3) is 0.130. The molecule has 0 aliphatic rings. The van der Waals surface area contributed by atoms with Crippen molar-refractivity contribution >= 4 is 22.6 Å². The van der Waals surface area contributed by atoms with Crippen molar-refractivity contribution in [1.29, 1.82) is 0 Å². The molecule has 0 aliphatic heterocycles. The third-order valence-electron chi connectivity index (χ3n) is 5.11. The molecule has 8 heteroatoms. The lowest BCUT2D eigenvalue weighted by molar-refractivity contribution is 0.102. The number of amides is 1. The second kappa shape index (κ2) is 7.91. The Morgan fingerprint density at radius 2 is 1.68 bits per heavy atom. The highest BCUT2D eigenvalue weighted by Gasteiger charge is 2.16. The van der Waals surface area contributed by atoms with Crippen molar-refractivity contribution < 1.29 is 9.53 Å². The molecule has 8 nitrogen and oxygen atoms in total. The number of anilines is 1. The summed E-state index contributed by atoms with van der Waals surface area (Å²) in [6.07, 6.45) is 0. The zero-order valence-electron chi connectivity index (χ0n) is 17.2. The van der Waals surface area contributed by atoms with Crippen LogP contribution >= 0.6 is 0 Å². The number of carbonyl (C=O) groups excluding carboxylic acids is 1. The standard InChI is InChI=1S/C23H20N4O4/c1-26-20(13-21(28)27(2)23(26)30)25-22(29)17-12-19(14-8-10-15(31-3)11-9-14)24-18-7-5-4-6-16(17)18/h4-13H,1-3H3,(H,25,29). The Morgan fingerprint density at radius 1 is 0.968 bits per heavy atom. The molecule has 0 aliphatic carbocycles. The molecule has 31 heavy (non-hydrogen) atoms. The van der Waals surface area contributed by atoms with Crippen LogP contribution in [0.2, 0.25) is 0 Å². The number of benzene rings is 2. The van der Waals surface area contributed by atoms with Gasteiger partial charge in [-0.05, 0) is 36.4 Å². The van der Waals surface area contributed by atoms with E-state index in [0.717, 1.165) is 10.1 Å². The number of hydrogen-bond acceptors (Lipinski definition) is 5. The molecule has 156 valence electrons. The van der Waals surface area contributed by atoms with Crippen LogP contribution in [0.15, 0.2) is 70.3 Å². The van der Waals surface area contributed by atoms with Crippen LogP contribution in [0.25, 0.3) is 22.2 Å². The first-order valence-electron chi connectivity index (χ1n) is 9.51. The number of fused-ring (bicyclic) bond motifs is 1. The summed E-state index contributed by atoms with van der Waals surface area (Å²) in [6, 6.07) is 17.6. The Balaban J connectivity index is 1.82. The maximum absolute atomic E-state index is 13.2. The maximum Gasteiger partial charge on any atom is 0.332 e. The predicted octanol–water partition coefficient (Wildman–Crippen LogP) is 2.56. The number of nitrogens with one attached hydrogen (secondary N) is 1. The summed E-state index contributed by atoms with van der Waals surface area (Å²) in [5, 5.41) is 3.35. The number of para-hydroxylation sites is 1. The molecule has 0 unspecified atom stereocenters. The van der Waals surface area contributed by atoms with Gasteiger partial charge in [0.05, 0.1) is 23.9 Å². The minimum atomic E-state index is -0.527. The van der Waals surface area contributed by atoms with Gasteiger partial charge in [-0.1, -0.05) is 18.2 Å². The molecular weight excluding hydrogens is 396 g/mol. The number of aromatic nitrogens is 3. The van der Waals surface area contributed by atoms with Crippen LogP contribution < -0.4 is 21.3 Å². The first-order chi connectivity index (χ1) is 14.9. The van der Waals surface area contributed by atoms with E-state index < -0.39 is 17.2 Å². The number of nitrogens with zero attached hydrogens (tertiary/aromatic N) is 3. The summed E-state index contributed by atoms with van der Waals surface area (Å²) in [7, 11) is 4.47. The summed E-state index contributed by atoms with van der Waals surface area (Å²) in [4.78, 5) is 42.1. The number of pyridine rings is 1. The minimum absolute atomic E-state index is 0.116. The summed E-state index contributed by atoms with van der Waals surface area (Å²) in [5.41, 5.74) is 1.44. The van der Waals surface area contributed by atoms with E-state index in [2.05, 4.69) is 10.3 Å². The molecule has 1 N–H and O–H groups in total. The zero-order chi connectivity index (χ0) is 22.1. The summed E-state index contributed by atoms with van der Waals surface area (Å²) >= 11 is 0. The number of ether oxygens (including phenoxy) is 1. The maximum atomic E-state index is 13.2. The minimum Gasteiger partial charge on any atom is -0.497 e. The van der Waals surface area contributed by atoms with Gasteiger partial charge < -0.3 is 10.1 Å². The molecule has 2 heterocycles. The van der Waals surface area contributed by atoms with Gasteiger partial charge in [0.1, 0.15) is 11.6 Å². The number of carbonyl (C=O) groups is 1. The van der Waals surface area contributed by atoms with Crippen LogP contribution in [0.1, 0.15) is 10.4 Å². The third-order valence-corrected chi connectivity index (χ3v) is 5.11. The van der Waals surface area contributed by atoms with Gasteiger partial charge in [-0.15, -0.1) is 0 Å². The van der Waals surface area contributed by atoms with Crippen molar-refractivity contribution in [1.82, 2.24) is 14.1 Å². The Kier molecular flexibility index (Phi) is 5.12. The average molecular weight is 416 g/mol. The Hall–Kier alpha value is -4.20. The quantitative estimate of drug-likeness (QED) is 0.552. The molecule has 0 spiro atoms. The number of methoxy groups -OCH3 is 1. The van der Waals surface area contributed by atoms with Crippen LogP contribution in [-0.4, -0.2) is 27.1 Å². The largest absolute Gasteiger partial charge is 0.497 e. The molecule has 0 fully saturated rings. The molecule has 1 amide bonds. The van der Waals surface area contributed by atoms with Gasteiger partial charge in [-0.25, -0.2) is 9.78 Å². The van der Waals surface area contributed by atoms with Crippen molar-refractivity contribution in [2.24, 2.45) is 14.1 Å². The highest BCUT2D eigenvalue weighted by atomic mass is 16.5. The second-order valence-corrected chi connectivity index (χ2v) is 7.02. The van der Waals surface area contributed by atoms with Crippen molar-refractivity contribution in [2.45, 2.75) is 0 Å². The molecule has 0 saturated carbocycles. The molecule has 0 saturated heterocycles. The van der Waals surface area contributed by atoms with Crippen molar-refractivity contribution in [3.05, 3.63) is 87.1 Å². The van der Waals surface area contributed by atoms with E-state index in [-0.39, 0.29) is 5.82 Å². The molecule has 2 aromatic heterocycles. The lowest BCUT2D eigenvalue weighted by atomic mass is 10.0. The molecule has 4 rings (SSSR count). The Labute approximate surface area is 177 Å². The van der Waals surface area contributed by atoms with E-state index in [4.69, 9.17) is 4.74 Å². The molecule has 0 radical (unpaired) electrons. The number of rotatable bonds is 4. The van der Waals surface area contributed by atoms with Crippen molar-refractivity contribution in [3.8, 4) is 17.0 Å². The van der Waals surface area contributed by atoms with Gasteiger partial charge in [0.25, 0.3) is 11.5 Å². The predicted molar refractivity (Wildman–Crippen MR) is 119 cm³/mol. The topological polar surface area (TPSA) is 95.2 Å². The van der Waals surface area contributed by atoms with Crippen LogP contribution in [-0.2, 0) is 14.1 Å². The number of hydrogen-bond donors (Lipinski definition) is 1. The Morgan fingerprint density at radius 3 is 2.39 bits per heavy atom. The van der Waals surface area contributed by atoms with E-state index in [1.165, 1.54) is 24.7 Å². The molecular formula is C23H20N4O4. The van der Waals surface area contributed by atoms with Crippen LogP contribution in [0.4, 0.5) is 5.82 Å². The monoisotopic (exact) mass is 416 g/mol. The van der Waals surface area contributed by atoms with Gasteiger partial charge >= 0.3 is 5.69 Å². The van der Waals surface area contributed by atoms with Crippen LogP contribution in [0.3, 0.4) is 0 Å². The van der Waals surface area contributed by atoms with E-state index in [1.807, 2.05) is 42.5 Å². The molecule has 4 aromatic rings. The normalized spacial score (nSPS) is 10.8. The molecule has 2 aromatic carbocycles. The van der Waals surface area contributed by atoms with Gasteiger partial charge in [-0.3, -0.25) is 18.7 Å². The second-order valence-electron chi connectivity index (χ2n) is 7.02.